The van der Waals surface area contributed by atoms with Gasteiger partial charge in [0.25, 0.3) is 5.91 Å². The van der Waals surface area contributed by atoms with E-state index in [-0.39, 0.29) is 13.1 Å². The van der Waals surface area contributed by atoms with E-state index in [4.69, 9.17) is 9.47 Å². The number of halogens is 3. The van der Waals surface area contributed by atoms with Crippen LogP contribution in [0.5, 0.6) is 0 Å². The summed E-state index contributed by atoms with van der Waals surface area (Å²) in [5, 5.41) is 1.99. The second kappa shape index (κ2) is 7.81. The molecule has 0 aliphatic carbocycles. The maximum atomic E-state index is 14.5. The first-order chi connectivity index (χ1) is 12.5. The number of nitrogens with zero attached hydrogens (tertiary/aromatic N) is 2. The lowest BCUT2D eigenvalue weighted by molar-refractivity contribution is -0.132. The van der Waals surface area contributed by atoms with Gasteiger partial charge in [0.1, 0.15) is 11.9 Å². The lowest BCUT2D eigenvalue weighted by Crippen LogP contribution is -2.37. The number of cyclic esters (lactones) is 1. The van der Waals surface area contributed by atoms with Crippen molar-refractivity contribution in [3.63, 3.8) is 0 Å². The third kappa shape index (κ3) is 4.01. The van der Waals surface area contributed by atoms with Crippen molar-refractivity contribution in [3.8, 4) is 0 Å². The van der Waals surface area contributed by atoms with Crippen molar-refractivity contribution in [2.45, 2.75) is 12.5 Å². The lowest BCUT2D eigenvalue weighted by Gasteiger charge is -2.29. The van der Waals surface area contributed by atoms with Crippen molar-refractivity contribution in [1.29, 1.82) is 0 Å². The quantitative estimate of drug-likeness (QED) is 0.844. The van der Waals surface area contributed by atoms with Crippen molar-refractivity contribution >= 4 is 23.4 Å². The largest absolute Gasteiger partial charge is 0.442 e. The van der Waals surface area contributed by atoms with Crippen LogP contribution in [-0.2, 0) is 14.3 Å². The molecule has 1 N–H and O–H groups in total. The Bertz CT molecular complexity index is 683. The van der Waals surface area contributed by atoms with E-state index in [0.717, 1.165) is 0 Å². The minimum absolute atomic E-state index is 0.0265. The SMILES string of the molecule is O=C(NCC1CN(c2ccc(N3CCOCC3)c(F)c2)C(=O)O1)C(F)F. The molecule has 1 atom stereocenters. The number of nitrogens with one attached hydrogen (secondary N) is 1. The Balaban J connectivity index is 1.64. The van der Waals surface area contributed by atoms with Gasteiger partial charge in [-0.15, -0.1) is 0 Å². The normalized spacial score (nSPS) is 20.5. The van der Waals surface area contributed by atoms with E-state index in [9.17, 15) is 22.8 Å². The Morgan fingerprint density at radius 3 is 2.69 bits per heavy atom. The second-order valence-corrected chi connectivity index (χ2v) is 5.90. The van der Waals surface area contributed by atoms with Crippen molar-refractivity contribution < 1.29 is 32.2 Å². The summed E-state index contributed by atoms with van der Waals surface area (Å²) >= 11 is 0. The number of carbonyl (C=O) groups excluding carboxylic acids is 2. The molecule has 7 nitrogen and oxygen atoms in total. The first-order valence-corrected chi connectivity index (χ1v) is 8.12. The summed E-state index contributed by atoms with van der Waals surface area (Å²) in [6.45, 7) is 1.98. The second-order valence-electron chi connectivity index (χ2n) is 5.90. The monoisotopic (exact) mass is 373 g/mol. The van der Waals surface area contributed by atoms with E-state index in [1.54, 1.807) is 12.1 Å². The number of hydrogen-bond acceptors (Lipinski definition) is 5. The number of benzene rings is 1. The molecule has 2 amide bonds. The van der Waals surface area contributed by atoms with Crippen LogP contribution in [0.2, 0.25) is 0 Å². The molecule has 0 spiro atoms. The Morgan fingerprint density at radius 2 is 2.04 bits per heavy atom. The number of amides is 2. The number of ether oxygens (including phenoxy) is 2. The molecule has 1 aromatic carbocycles. The first kappa shape index (κ1) is 18.3. The third-order valence-electron chi connectivity index (χ3n) is 4.17. The van der Waals surface area contributed by atoms with E-state index >= 15 is 0 Å². The van der Waals surface area contributed by atoms with Crippen LogP contribution in [0.15, 0.2) is 18.2 Å². The maximum Gasteiger partial charge on any atom is 0.414 e. The van der Waals surface area contributed by atoms with E-state index in [1.165, 1.54) is 11.0 Å². The highest BCUT2D eigenvalue weighted by atomic mass is 19.3. The molecule has 2 fully saturated rings. The Labute approximate surface area is 147 Å². The van der Waals surface area contributed by atoms with Crippen LogP contribution in [-0.4, -0.2) is 63.9 Å². The fraction of sp³-hybridized carbons (Fsp3) is 0.500. The molecule has 26 heavy (non-hydrogen) atoms. The highest BCUT2D eigenvalue weighted by molar-refractivity contribution is 5.90. The molecular formula is C16H18F3N3O4. The zero-order chi connectivity index (χ0) is 18.7. The van der Waals surface area contributed by atoms with Gasteiger partial charge in [0.2, 0.25) is 0 Å². The van der Waals surface area contributed by atoms with Gasteiger partial charge in [0.15, 0.2) is 0 Å². The standard InChI is InChI=1S/C16H18F3N3O4/c17-12-7-10(1-2-13(12)21-3-5-25-6-4-21)22-9-11(26-16(22)24)8-20-15(23)14(18)19/h1-2,7,11,14H,3-6,8-9H2,(H,20,23). The van der Waals surface area contributed by atoms with Crippen molar-refractivity contribution in [1.82, 2.24) is 5.32 Å². The van der Waals surface area contributed by atoms with Crippen molar-refractivity contribution in [2.24, 2.45) is 0 Å². The van der Waals surface area contributed by atoms with E-state index < -0.39 is 30.3 Å². The van der Waals surface area contributed by atoms with Crippen LogP contribution in [0.25, 0.3) is 0 Å². The topological polar surface area (TPSA) is 71.1 Å². The zero-order valence-electron chi connectivity index (χ0n) is 13.8. The summed E-state index contributed by atoms with van der Waals surface area (Å²) in [4.78, 5) is 25.9. The molecule has 3 rings (SSSR count). The maximum absolute atomic E-state index is 14.5. The van der Waals surface area contributed by atoms with Crippen LogP contribution in [0.4, 0.5) is 29.3 Å². The number of anilines is 2. The minimum Gasteiger partial charge on any atom is -0.442 e. The number of rotatable bonds is 5. The van der Waals surface area contributed by atoms with Crippen LogP contribution in [0.3, 0.4) is 0 Å². The van der Waals surface area contributed by atoms with Gasteiger partial charge in [-0.2, -0.15) is 8.78 Å². The molecule has 2 saturated heterocycles. The highest BCUT2D eigenvalue weighted by Crippen LogP contribution is 2.28. The third-order valence-corrected chi connectivity index (χ3v) is 4.17. The predicted octanol–water partition coefficient (Wildman–Crippen LogP) is 1.37. The molecule has 1 unspecified atom stereocenters. The molecule has 0 bridgehead atoms. The Morgan fingerprint density at radius 1 is 1.31 bits per heavy atom. The average molecular weight is 373 g/mol. The van der Waals surface area contributed by atoms with Crippen molar-refractivity contribution in [2.75, 3.05) is 49.2 Å². The molecule has 0 aromatic heterocycles. The van der Waals surface area contributed by atoms with Crippen LogP contribution in [0, 0.1) is 5.82 Å². The van der Waals surface area contributed by atoms with E-state index in [2.05, 4.69) is 0 Å². The van der Waals surface area contributed by atoms with Crippen molar-refractivity contribution in [3.05, 3.63) is 24.0 Å². The molecule has 142 valence electrons. The van der Waals surface area contributed by atoms with Crippen LogP contribution in [0.1, 0.15) is 0 Å². The summed E-state index contributed by atoms with van der Waals surface area (Å²) in [5.41, 5.74) is 0.720. The molecule has 0 saturated carbocycles. The van der Waals surface area contributed by atoms with Crippen LogP contribution >= 0.6 is 0 Å². The summed E-state index contributed by atoms with van der Waals surface area (Å²) < 4.78 is 49.1. The zero-order valence-corrected chi connectivity index (χ0v) is 13.8. The fourth-order valence-corrected chi connectivity index (χ4v) is 2.85. The Kier molecular flexibility index (Phi) is 5.50. The van der Waals surface area contributed by atoms with Gasteiger partial charge in [-0.3, -0.25) is 9.69 Å². The van der Waals surface area contributed by atoms with E-state index in [0.29, 0.717) is 37.7 Å². The number of morpholine rings is 1. The smallest absolute Gasteiger partial charge is 0.414 e. The number of alkyl halides is 2. The summed E-state index contributed by atoms with van der Waals surface area (Å²) in [6.07, 6.45) is -4.64. The number of hydrogen-bond donors (Lipinski definition) is 1. The van der Waals surface area contributed by atoms with Gasteiger partial charge in [-0.05, 0) is 18.2 Å². The lowest BCUT2D eigenvalue weighted by atomic mass is 10.2. The van der Waals surface area contributed by atoms with Gasteiger partial charge in [0, 0.05) is 13.1 Å². The van der Waals surface area contributed by atoms with Gasteiger partial charge in [-0.1, -0.05) is 0 Å². The molecule has 2 aliphatic heterocycles. The molecular weight excluding hydrogens is 355 g/mol. The van der Waals surface area contributed by atoms with Gasteiger partial charge in [0.05, 0.1) is 37.7 Å². The molecule has 10 heteroatoms. The fourth-order valence-electron chi connectivity index (χ4n) is 2.85. The average Bonchev–Trinajstić information content (AvgIpc) is 3.01. The summed E-state index contributed by atoms with van der Waals surface area (Å²) in [7, 11) is 0. The Hall–Kier alpha value is -2.49. The molecule has 2 aliphatic rings. The van der Waals surface area contributed by atoms with Gasteiger partial charge in [-0.25, -0.2) is 9.18 Å². The van der Waals surface area contributed by atoms with Gasteiger partial charge >= 0.3 is 12.5 Å². The molecule has 1 aromatic rings. The van der Waals surface area contributed by atoms with Gasteiger partial charge < -0.3 is 19.7 Å². The molecule has 2 heterocycles. The summed E-state index contributed by atoms with van der Waals surface area (Å²) in [5.74, 6) is -1.91. The highest BCUT2D eigenvalue weighted by Gasteiger charge is 2.33. The number of carbonyl (C=O) groups is 2. The minimum atomic E-state index is -3.13. The summed E-state index contributed by atoms with van der Waals surface area (Å²) in [6, 6.07) is 4.40. The molecule has 0 radical (unpaired) electrons. The predicted molar refractivity (Wildman–Crippen MR) is 86.1 cm³/mol. The first-order valence-electron chi connectivity index (χ1n) is 8.12. The van der Waals surface area contributed by atoms with Crippen LogP contribution < -0.4 is 15.1 Å². The van der Waals surface area contributed by atoms with E-state index in [1.807, 2.05) is 10.2 Å².